The number of allylic oxidation sites excluding steroid dienone is 3. The number of aliphatic hydroxyl groups is 2. The molecular weight excluding hydrogens is 333 g/mol. The number of rotatable bonds is 6. The normalized spacial score (nSPS) is 19.9. The van der Waals surface area contributed by atoms with Crippen molar-refractivity contribution in [3.05, 3.63) is 53.5 Å². The van der Waals surface area contributed by atoms with Crippen molar-refractivity contribution >= 4 is 13.5 Å². The highest BCUT2D eigenvalue weighted by Gasteiger charge is 2.26. The van der Waals surface area contributed by atoms with E-state index in [1.54, 1.807) is 18.2 Å². The van der Waals surface area contributed by atoms with E-state index < -0.39 is 13.7 Å². The lowest BCUT2D eigenvalue weighted by molar-refractivity contribution is 0.339. The van der Waals surface area contributed by atoms with Gasteiger partial charge in [0.2, 0.25) is 0 Å². The Balaban J connectivity index is 1.98. The Labute approximate surface area is 139 Å². The van der Waals surface area contributed by atoms with E-state index in [0.717, 1.165) is 30.6 Å². The molecule has 0 radical (unpaired) electrons. The average Bonchev–Trinajstić information content (AvgIpc) is 2.43. The predicted octanol–water partition coefficient (Wildman–Crippen LogP) is 3.15. The van der Waals surface area contributed by atoms with Crippen LogP contribution in [0.3, 0.4) is 0 Å². The number of unbranched alkanes of at least 4 members (excludes halogenated alkanes) is 1. The molecule has 8 heteroatoms. The van der Waals surface area contributed by atoms with Gasteiger partial charge in [-0.1, -0.05) is 18.6 Å². The first-order valence-corrected chi connectivity index (χ1v) is 9.06. The number of aromatic hydroxyl groups is 1. The van der Waals surface area contributed by atoms with Crippen LogP contribution in [0.5, 0.6) is 5.75 Å². The second-order valence-corrected chi connectivity index (χ2v) is 6.87. The largest absolute Gasteiger partial charge is 0.511 e. The Kier molecular flexibility index (Phi) is 5.83. The molecule has 1 aliphatic carbocycles. The van der Waals surface area contributed by atoms with Crippen molar-refractivity contribution in [2.24, 2.45) is 10.7 Å². The maximum atomic E-state index is 11.1. The summed E-state index contributed by atoms with van der Waals surface area (Å²) < 4.78 is 14.4. The summed E-state index contributed by atoms with van der Waals surface area (Å²) in [6.45, 7) is 0. The van der Waals surface area contributed by atoms with Crippen LogP contribution in [0, 0.1) is 5.92 Å². The SMILES string of the molecule is O=P(O)(O)/N=C1\C=C(O)C=C(O)C1CCCCc1cccc(O)c1. The van der Waals surface area contributed by atoms with Crippen LogP contribution < -0.4 is 0 Å². The standard InChI is InChI=1S/C16H20NO6P/c18-12-6-3-5-11(8-12)4-1-2-7-14-15(17-24(21,22)23)9-13(19)10-16(14)20/h3,5-6,8-10,14,18-20H,1-2,4,7H2,(H2,21,22,23)/b17-15+. The molecule has 1 aromatic rings. The number of benzene rings is 1. The fourth-order valence-electron chi connectivity index (χ4n) is 2.63. The molecule has 0 saturated heterocycles. The van der Waals surface area contributed by atoms with Gasteiger partial charge in [0.25, 0.3) is 0 Å². The number of nitrogens with zero attached hydrogens (tertiary/aromatic N) is 1. The van der Waals surface area contributed by atoms with Gasteiger partial charge in [0.05, 0.1) is 11.6 Å². The number of aliphatic hydroxyl groups excluding tert-OH is 2. The third-order valence-electron chi connectivity index (χ3n) is 3.67. The van der Waals surface area contributed by atoms with Crippen molar-refractivity contribution in [2.75, 3.05) is 0 Å². The topological polar surface area (TPSA) is 131 Å². The molecule has 7 nitrogen and oxygen atoms in total. The summed E-state index contributed by atoms with van der Waals surface area (Å²) in [6.07, 6.45) is 4.91. The summed E-state index contributed by atoms with van der Waals surface area (Å²) in [6, 6.07) is 6.94. The molecule has 2 rings (SSSR count). The molecule has 0 bridgehead atoms. The molecule has 5 N–H and O–H groups in total. The van der Waals surface area contributed by atoms with Gasteiger partial charge in [-0.2, -0.15) is 4.76 Å². The quantitative estimate of drug-likeness (QED) is 0.394. The molecule has 1 atom stereocenters. The lowest BCUT2D eigenvalue weighted by Gasteiger charge is -2.20. The summed E-state index contributed by atoms with van der Waals surface area (Å²) in [5.74, 6) is -0.912. The van der Waals surface area contributed by atoms with E-state index in [0.29, 0.717) is 12.8 Å². The van der Waals surface area contributed by atoms with Crippen LogP contribution in [-0.2, 0) is 11.0 Å². The van der Waals surface area contributed by atoms with E-state index in [4.69, 9.17) is 9.79 Å². The molecule has 0 saturated carbocycles. The van der Waals surface area contributed by atoms with Crippen LogP contribution >= 0.6 is 7.75 Å². The highest BCUT2D eigenvalue weighted by atomic mass is 31.2. The van der Waals surface area contributed by atoms with Gasteiger partial charge in [-0.05, 0) is 37.0 Å². The fourth-order valence-corrected chi connectivity index (χ4v) is 3.13. The molecule has 24 heavy (non-hydrogen) atoms. The maximum Gasteiger partial charge on any atom is 0.448 e. The molecule has 0 fully saturated rings. The van der Waals surface area contributed by atoms with Gasteiger partial charge in [0.1, 0.15) is 17.3 Å². The highest BCUT2D eigenvalue weighted by Crippen LogP contribution is 2.39. The van der Waals surface area contributed by atoms with E-state index in [1.165, 1.54) is 0 Å². The Hall–Kier alpha value is -2.08. The zero-order chi connectivity index (χ0) is 17.7. The van der Waals surface area contributed by atoms with Gasteiger partial charge in [-0.3, -0.25) is 0 Å². The number of phenols is 1. The van der Waals surface area contributed by atoms with E-state index in [2.05, 4.69) is 4.76 Å². The lowest BCUT2D eigenvalue weighted by Crippen LogP contribution is -2.19. The summed E-state index contributed by atoms with van der Waals surface area (Å²) in [4.78, 5) is 18.0. The van der Waals surface area contributed by atoms with Crippen LogP contribution in [0.4, 0.5) is 0 Å². The van der Waals surface area contributed by atoms with Gasteiger partial charge in [0.15, 0.2) is 0 Å². The van der Waals surface area contributed by atoms with E-state index >= 15 is 0 Å². The lowest BCUT2D eigenvalue weighted by atomic mass is 9.90. The Bertz CT molecular complexity index is 734. The second-order valence-electron chi connectivity index (χ2n) is 5.64. The van der Waals surface area contributed by atoms with Crippen molar-refractivity contribution in [3.63, 3.8) is 0 Å². The third-order valence-corrected chi connectivity index (χ3v) is 4.16. The zero-order valence-electron chi connectivity index (χ0n) is 12.9. The minimum Gasteiger partial charge on any atom is -0.511 e. The Morgan fingerprint density at radius 1 is 1.08 bits per heavy atom. The maximum absolute atomic E-state index is 11.1. The van der Waals surface area contributed by atoms with Crippen LogP contribution in [0.1, 0.15) is 24.8 Å². The predicted molar refractivity (Wildman–Crippen MR) is 90.1 cm³/mol. The summed E-state index contributed by atoms with van der Waals surface area (Å²) in [5.41, 5.74) is 0.957. The van der Waals surface area contributed by atoms with Gasteiger partial charge in [-0.25, -0.2) is 4.57 Å². The number of aryl methyl sites for hydroxylation is 1. The fraction of sp³-hybridized carbons (Fsp3) is 0.312. The second kappa shape index (κ2) is 7.66. The van der Waals surface area contributed by atoms with Gasteiger partial charge < -0.3 is 25.1 Å². The molecular formula is C16H20NO6P. The van der Waals surface area contributed by atoms with Crippen LogP contribution in [0.2, 0.25) is 0 Å². The number of phenolic OH excluding ortho intramolecular Hbond substituents is 1. The first-order valence-electron chi connectivity index (χ1n) is 7.49. The van der Waals surface area contributed by atoms with E-state index in [9.17, 15) is 19.9 Å². The van der Waals surface area contributed by atoms with Gasteiger partial charge in [-0.15, -0.1) is 0 Å². The Morgan fingerprint density at radius 2 is 1.83 bits per heavy atom. The molecule has 0 aromatic heterocycles. The van der Waals surface area contributed by atoms with Crippen LogP contribution in [0.25, 0.3) is 0 Å². The van der Waals surface area contributed by atoms with Crippen molar-refractivity contribution in [2.45, 2.75) is 25.7 Å². The average molecular weight is 353 g/mol. The highest BCUT2D eigenvalue weighted by molar-refractivity contribution is 7.50. The molecule has 0 heterocycles. The summed E-state index contributed by atoms with van der Waals surface area (Å²) in [5, 5.41) is 28.8. The molecule has 130 valence electrons. The molecule has 0 amide bonds. The molecule has 0 aliphatic heterocycles. The Morgan fingerprint density at radius 3 is 2.50 bits per heavy atom. The first kappa shape index (κ1) is 18.3. The number of hydrogen-bond donors (Lipinski definition) is 5. The van der Waals surface area contributed by atoms with E-state index in [1.807, 2.05) is 6.07 Å². The minimum atomic E-state index is -4.65. The minimum absolute atomic E-state index is 0.0295. The first-order chi connectivity index (χ1) is 11.2. The molecule has 0 spiro atoms. The van der Waals surface area contributed by atoms with Crippen molar-refractivity contribution in [3.8, 4) is 5.75 Å². The molecule has 1 unspecified atom stereocenters. The van der Waals surface area contributed by atoms with Gasteiger partial charge >= 0.3 is 7.75 Å². The number of hydrogen-bond acceptors (Lipinski definition) is 4. The zero-order valence-corrected chi connectivity index (χ0v) is 13.8. The van der Waals surface area contributed by atoms with Gasteiger partial charge in [0, 0.05) is 12.2 Å². The van der Waals surface area contributed by atoms with Crippen molar-refractivity contribution in [1.82, 2.24) is 0 Å². The smallest absolute Gasteiger partial charge is 0.448 e. The van der Waals surface area contributed by atoms with Crippen molar-refractivity contribution in [1.29, 1.82) is 0 Å². The van der Waals surface area contributed by atoms with Crippen LogP contribution in [0.15, 0.2) is 52.7 Å². The third kappa shape index (κ3) is 5.53. The monoisotopic (exact) mass is 353 g/mol. The molecule has 1 aromatic carbocycles. The molecule has 1 aliphatic rings. The summed E-state index contributed by atoms with van der Waals surface area (Å²) >= 11 is 0. The summed E-state index contributed by atoms with van der Waals surface area (Å²) in [7, 11) is -4.65. The van der Waals surface area contributed by atoms with Crippen LogP contribution in [-0.4, -0.2) is 30.8 Å². The van der Waals surface area contributed by atoms with E-state index in [-0.39, 0.29) is 23.0 Å². The van der Waals surface area contributed by atoms with Crippen molar-refractivity contribution < 1.29 is 29.7 Å².